The number of ether oxygens (including phenoxy) is 1. The van der Waals surface area contributed by atoms with Crippen molar-refractivity contribution in [2.24, 2.45) is 5.92 Å². The standard InChI is InChI=1S/C27H29FN2O/c1-4-5-6-9-23-18(2)26(20-8-7-14-29-17-20)30-27-24(23)15-21(16-25(27)31-3)19-10-12-22(28)13-11-19/h7-18,26,30H,4-6H2,1-3H3/b23-9+. The number of fused-ring (bicyclic) bond motifs is 1. The predicted octanol–water partition coefficient (Wildman–Crippen LogP) is 7.27. The number of benzene rings is 2. The third-order valence-corrected chi connectivity index (χ3v) is 6.07. The van der Waals surface area contributed by atoms with Crippen LogP contribution in [0.4, 0.5) is 10.1 Å². The van der Waals surface area contributed by atoms with Crippen LogP contribution in [0.25, 0.3) is 16.7 Å². The second-order valence-corrected chi connectivity index (χ2v) is 8.11. The summed E-state index contributed by atoms with van der Waals surface area (Å²) >= 11 is 0. The molecule has 1 N–H and O–H groups in total. The van der Waals surface area contributed by atoms with Gasteiger partial charge < -0.3 is 10.1 Å². The van der Waals surface area contributed by atoms with Crippen LogP contribution in [0.15, 0.2) is 67.0 Å². The largest absolute Gasteiger partial charge is 0.495 e. The Morgan fingerprint density at radius 3 is 2.61 bits per heavy atom. The van der Waals surface area contributed by atoms with Crippen LogP contribution in [0, 0.1) is 11.7 Å². The van der Waals surface area contributed by atoms with Gasteiger partial charge in [0.05, 0.1) is 18.8 Å². The molecule has 31 heavy (non-hydrogen) atoms. The zero-order valence-electron chi connectivity index (χ0n) is 18.4. The van der Waals surface area contributed by atoms with Crippen molar-refractivity contribution in [2.45, 2.75) is 39.2 Å². The van der Waals surface area contributed by atoms with Gasteiger partial charge in [0.2, 0.25) is 0 Å². The van der Waals surface area contributed by atoms with E-state index >= 15 is 0 Å². The average Bonchev–Trinajstić information content (AvgIpc) is 2.80. The van der Waals surface area contributed by atoms with E-state index in [4.69, 9.17) is 4.74 Å². The number of hydrogen-bond acceptors (Lipinski definition) is 3. The number of unbranched alkanes of at least 4 members (excludes halogenated alkanes) is 2. The third kappa shape index (κ3) is 4.34. The van der Waals surface area contributed by atoms with Crippen LogP contribution in [-0.2, 0) is 0 Å². The molecule has 0 fully saturated rings. The monoisotopic (exact) mass is 416 g/mol. The Bertz CT molecular complexity index is 1060. The molecule has 2 atom stereocenters. The zero-order chi connectivity index (χ0) is 21.8. The highest BCUT2D eigenvalue weighted by atomic mass is 19.1. The van der Waals surface area contributed by atoms with E-state index < -0.39 is 0 Å². The number of allylic oxidation sites excluding steroid dienone is 1. The molecule has 0 radical (unpaired) electrons. The summed E-state index contributed by atoms with van der Waals surface area (Å²) in [5, 5.41) is 3.72. The minimum Gasteiger partial charge on any atom is -0.495 e. The Morgan fingerprint density at radius 2 is 1.94 bits per heavy atom. The second-order valence-electron chi connectivity index (χ2n) is 8.11. The topological polar surface area (TPSA) is 34.1 Å². The summed E-state index contributed by atoms with van der Waals surface area (Å²) in [5.41, 5.74) is 6.62. The molecular formula is C27H29FN2O. The van der Waals surface area contributed by atoms with E-state index in [1.165, 1.54) is 17.7 Å². The lowest BCUT2D eigenvalue weighted by Crippen LogP contribution is -2.26. The van der Waals surface area contributed by atoms with Gasteiger partial charge in [-0.1, -0.05) is 51.0 Å². The predicted molar refractivity (Wildman–Crippen MR) is 126 cm³/mol. The maximum absolute atomic E-state index is 13.5. The summed E-state index contributed by atoms with van der Waals surface area (Å²) in [6.45, 7) is 4.48. The van der Waals surface area contributed by atoms with Crippen LogP contribution in [0.1, 0.15) is 50.3 Å². The summed E-state index contributed by atoms with van der Waals surface area (Å²) in [7, 11) is 1.70. The molecular weight excluding hydrogens is 387 g/mol. The summed E-state index contributed by atoms with van der Waals surface area (Å²) in [5.74, 6) is 0.823. The van der Waals surface area contributed by atoms with Crippen LogP contribution in [-0.4, -0.2) is 12.1 Å². The van der Waals surface area contributed by atoms with Crippen LogP contribution in [0.2, 0.25) is 0 Å². The van der Waals surface area contributed by atoms with E-state index in [9.17, 15) is 4.39 Å². The van der Waals surface area contributed by atoms with Crippen LogP contribution < -0.4 is 10.1 Å². The summed E-state index contributed by atoms with van der Waals surface area (Å²) in [6, 6.07) is 15.1. The molecule has 4 rings (SSSR count). The van der Waals surface area contributed by atoms with Gasteiger partial charge in [-0.3, -0.25) is 4.98 Å². The summed E-state index contributed by atoms with van der Waals surface area (Å²) in [6.07, 6.45) is 9.48. The van der Waals surface area contributed by atoms with E-state index in [0.717, 1.165) is 53.0 Å². The van der Waals surface area contributed by atoms with Gasteiger partial charge in [-0.2, -0.15) is 0 Å². The zero-order valence-corrected chi connectivity index (χ0v) is 18.4. The lowest BCUT2D eigenvalue weighted by molar-refractivity contribution is 0.414. The third-order valence-electron chi connectivity index (χ3n) is 6.07. The smallest absolute Gasteiger partial charge is 0.143 e. The van der Waals surface area contributed by atoms with E-state index in [1.54, 1.807) is 13.3 Å². The molecule has 0 spiro atoms. The van der Waals surface area contributed by atoms with E-state index in [2.05, 4.69) is 42.4 Å². The van der Waals surface area contributed by atoms with Crippen molar-refractivity contribution in [3.8, 4) is 16.9 Å². The van der Waals surface area contributed by atoms with Crippen molar-refractivity contribution < 1.29 is 9.13 Å². The van der Waals surface area contributed by atoms with E-state index in [-0.39, 0.29) is 17.8 Å². The number of hydrogen-bond donors (Lipinski definition) is 1. The molecule has 2 aromatic carbocycles. The summed E-state index contributed by atoms with van der Waals surface area (Å²) < 4.78 is 19.3. The fraction of sp³-hybridized carbons (Fsp3) is 0.296. The number of aromatic nitrogens is 1. The molecule has 0 saturated carbocycles. The van der Waals surface area contributed by atoms with E-state index in [1.807, 2.05) is 30.5 Å². The van der Waals surface area contributed by atoms with Crippen molar-refractivity contribution in [3.05, 3.63) is 83.9 Å². The number of rotatable bonds is 6. The van der Waals surface area contributed by atoms with Crippen molar-refractivity contribution in [2.75, 3.05) is 12.4 Å². The molecule has 0 saturated heterocycles. The molecule has 0 bridgehead atoms. The van der Waals surface area contributed by atoms with Gasteiger partial charge >= 0.3 is 0 Å². The first-order chi connectivity index (χ1) is 15.1. The molecule has 1 aliphatic heterocycles. The fourth-order valence-electron chi connectivity index (χ4n) is 4.36. The molecule has 2 heterocycles. The number of anilines is 1. The fourth-order valence-corrected chi connectivity index (χ4v) is 4.36. The number of pyridine rings is 1. The van der Waals surface area contributed by atoms with Crippen molar-refractivity contribution >= 4 is 11.3 Å². The molecule has 0 aliphatic carbocycles. The highest BCUT2D eigenvalue weighted by Gasteiger charge is 2.32. The maximum atomic E-state index is 13.5. The van der Waals surface area contributed by atoms with Crippen molar-refractivity contribution in [1.82, 2.24) is 4.98 Å². The summed E-state index contributed by atoms with van der Waals surface area (Å²) in [4.78, 5) is 4.33. The lowest BCUT2D eigenvalue weighted by atomic mass is 9.79. The number of nitrogens with one attached hydrogen (secondary N) is 1. The normalized spacial score (nSPS) is 19.0. The maximum Gasteiger partial charge on any atom is 0.143 e. The molecule has 160 valence electrons. The Hall–Kier alpha value is -3.14. The van der Waals surface area contributed by atoms with Gasteiger partial charge in [0.25, 0.3) is 0 Å². The van der Waals surface area contributed by atoms with Crippen LogP contribution in [0.5, 0.6) is 5.75 Å². The first-order valence-electron chi connectivity index (χ1n) is 11.0. The Morgan fingerprint density at radius 1 is 1.13 bits per heavy atom. The van der Waals surface area contributed by atoms with Gasteiger partial charge in [-0.15, -0.1) is 0 Å². The molecule has 0 amide bonds. The SMILES string of the molecule is CCCC/C=C1/c2cc(-c3ccc(F)cc3)cc(OC)c2NC(c2cccnc2)C1C. The molecule has 4 heteroatoms. The van der Waals surface area contributed by atoms with Gasteiger partial charge in [0.15, 0.2) is 0 Å². The quantitative estimate of drug-likeness (QED) is 0.429. The average molecular weight is 417 g/mol. The van der Waals surface area contributed by atoms with Gasteiger partial charge in [0, 0.05) is 23.9 Å². The Labute approximate surface area is 184 Å². The van der Waals surface area contributed by atoms with Crippen LogP contribution in [0.3, 0.4) is 0 Å². The van der Waals surface area contributed by atoms with Gasteiger partial charge in [-0.05, 0) is 59.0 Å². The highest BCUT2D eigenvalue weighted by Crippen LogP contribution is 2.49. The van der Waals surface area contributed by atoms with Crippen LogP contribution >= 0.6 is 0 Å². The molecule has 2 unspecified atom stereocenters. The van der Waals surface area contributed by atoms with Gasteiger partial charge in [0.1, 0.15) is 11.6 Å². The highest BCUT2D eigenvalue weighted by molar-refractivity contribution is 5.88. The van der Waals surface area contributed by atoms with Crippen molar-refractivity contribution in [3.63, 3.8) is 0 Å². The van der Waals surface area contributed by atoms with E-state index in [0.29, 0.717) is 0 Å². The minimum atomic E-state index is -0.233. The lowest BCUT2D eigenvalue weighted by Gasteiger charge is -2.36. The Kier molecular flexibility index (Phi) is 6.36. The first-order valence-corrected chi connectivity index (χ1v) is 11.0. The second kappa shape index (κ2) is 9.34. The molecule has 3 aromatic rings. The number of methoxy groups -OCH3 is 1. The Balaban J connectivity index is 1.85. The minimum absolute atomic E-state index is 0.111. The van der Waals surface area contributed by atoms with Crippen molar-refractivity contribution in [1.29, 1.82) is 0 Å². The molecule has 3 nitrogen and oxygen atoms in total. The van der Waals surface area contributed by atoms with Gasteiger partial charge in [-0.25, -0.2) is 4.39 Å². The molecule has 1 aromatic heterocycles. The number of halogens is 1. The molecule has 1 aliphatic rings. The first kappa shape index (κ1) is 21.1. The number of nitrogens with zero attached hydrogens (tertiary/aromatic N) is 1.